The van der Waals surface area contributed by atoms with Crippen molar-refractivity contribution >= 4 is 5.69 Å². The van der Waals surface area contributed by atoms with Crippen molar-refractivity contribution in [3.8, 4) is 6.07 Å². The number of nitrogens with one attached hydrogen (secondary N) is 1. The molecule has 0 bridgehead atoms. The van der Waals surface area contributed by atoms with Gasteiger partial charge in [-0.1, -0.05) is 0 Å². The molecule has 0 amide bonds. The zero-order valence-corrected chi connectivity index (χ0v) is 10.8. The van der Waals surface area contributed by atoms with Gasteiger partial charge in [0.2, 0.25) is 0 Å². The Bertz CT molecular complexity index is 449. The summed E-state index contributed by atoms with van der Waals surface area (Å²) >= 11 is 0. The number of benzene rings is 1. The number of halogens is 1. The van der Waals surface area contributed by atoms with Crippen molar-refractivity contribution in [1.82, 2.24) is 4.90 Å². The van der Waals surface area contributed by atoms with E-state index < -0.39 is 5.54 Å². The third-order valence-corrected chi connectivity index (χ3v) is 3.47. The molecule has 0 spiro atoms. The van der Waals surface area contributed by atoms with E-state index in [9.17, 15) is 9.65 Å². The molecule has 1 aliphatic heterocycles. The molecule has 1 aliphatic rings. The molecule has 0 aromatic heterocycles. The van der Waals surface area contributed by atoms with Gasteiger partial charge in [-0.15, -0.1) is 0 Å². The minimum atomic E-state index is -0.553. The fourth-order valence-electron chi connectivity index (χ4n) is 2.31. The number of hydrogen-bond acceptors (Lipinski definition) is 3. The van der Waals surface area contributed by atoms with E-state index in [1.807, 2.05) is 0 Å². The topological polar surface area (TPSA) is 39.1 Å². The highest BCUT2D eigenvalue weighted by Gasteiger charge is 2.39. The molecule has 1 saturated heterocycles. The predicted molar refractivity (Wildman–Crippen MR) is 69.7 cm³/mol. The second kappa shape index (κ2) is 4.95. The maximum atomic E-state index is 12.8. The summed E-state index contributed by atoms with van der Waals surface area (Å²) in [5.74, 6) is -0.262. The first kappa shape index (κ1) is 12.8. The Hall–Kier alpha value is -1.60. The number of hydrogen-bond donors (Lipinski definition) is 1. The summed E-state index contributed by atoms with van der Waals surface area (Å²) < 4.78 is 12.8. The first-order valence-corrected chi connectivity index (χ1v) is 6.24. The van der Waals surface area contributed by atoms with Gasteiger partial charge in [-0.2, -0.15) is 5.26 Å². The number of rotatable bonds is 3. The van der Waals surface area contributed by atoms with Crippen LogP contribution in [0, 0.1) is 17.1 Å². The molecule has 1 aromatic carbocycles. The standard InChI is InChI=1S/C14H18FN3/c1-11(2)18-8-7-14(9-16,10-18)17-13-5-3-12(15)4-6-13/h3-6,11,17H,7-8,10H2,1-2H3. The van der Waals surface area contributed by atoms with E-state index in [4.69, 9.17) is 0 Å². The molecule has 1 N–H and O–H groups in total. The van der Waals surface area contributed by atoms with Gasteiger partial charge in [0, 0.05) is 24.8 Å². The van der Waals surface area contributed by atoms with Crippen molar-refractivity contribution in [2.24, 2.45) is 0 Å². The van der Waals surface area contributed by atoms with E-state index >= 15 is 0 Å². The minimum absolute atomic E-state index is 0.262. The molecule has 18 heavy (non-hydrogen) atoms. The fraction of sp³-hybridized carbons (Fsp3) is 0.500. The Kier molecular flexibility index (Phi) is 3.53. The summed E-state index contributed by atoms with van der Waals surface area (Å²) in [6.07, 6.45) is 0.791. The lowest BCUT2D eigenvalue weighted by molar-refractivity contribution is 0.268. The van der Waals surface area contributed by atoms with E-state index in [1.165, 1.54) is 12.1 Å². The van der Waals surface area contributed by atoms with E-state index in [0.29, 0.717) is 12.6 Å². The van der Waals surface area contributed by atoms with Crippen LogP contribution in [-0.2, 0) is 0 Å². The fourth-order valence-corrected chi connectivity index (χ4v) is 2.31. The number of anilines is 1. The summed E-state index contributed by atoms with van der Waals surface area (Å²) in [7, 11) is 0. The van der Waals surface area contributed by atoms with Gasteiger partial charge < -0.3 is 5.32 Å². The Morgan fingerprint density at radius 3 is 2.56 bits per heavy atom. The molecule has 0 radical (unpaired) electrons. The molecule has 0 aliphatic carbocycles. The molecular weight excluding hydrogens is 229 g/mol. The van der Waals surface area contributed by atoms with Crippen LogP contribution in [0.5, 0.6) is 0 Å². The second-order valence-corrected chi connectivity index (χ2v) is 5.14. The van der Waals surface area contributed by atoms with E-state index in [1.54, 1.807) is 12.1 Å². The van der Waals surface area contributed by atoms with Crippen LogP contribution in [0.2, 0.25) is 0 Å². The van der Waals surface area contributed by atoms with Crippen molar-refractivity contribution in [1.29, 1.82) is 5.26 Å². The first-order chi connectivity index (χ1) is 8.54. The Morgan fingerprint density at radius 2 is 2.06 bits per heavy atom. The van der Waals surface area contributed by atoms with E-state index in [0.717, 1.165) is 18.7 Å². The molecule has 0 saturated carbocycles. The average molecular weight is 247 g/mol. The summed E-state index contributed by atoms with van der Waals surface area (Å²) in [6, 6.07) is 8.98. The minimum Gasteiger partial charge on any atom is -0.366 e. The Balaban J connectivity index is 2.11. The van der Waals surface area contributed by atoms with Gasteiger partial charge in [0.05, 0.1) is 6.07 Å². The van der Waals surface area contributed by atoms with Crippen LogP contribution < -0.4 is 5.32 Å². The molecule has 3 nitrogen and oxygen atoms in total. The molecule has 1 heterocycles. The molecule has 2 rings (SSSR count). The molecule has 4 heteroatoms. The molecule has 96 valence electrons. The van der Waals surface area contributed by atoms with Gasteiger partial charge in [0.15, 0.2) is 0 Å². The van der Waals surface area contributed by atoms with Crippen molar-refractivity contribution in [3.63, 3.8) is 0 Å². The lowest BCUT2D eigenvalue weighted by atomic mass is 10.0. The van der Waals surface area contributed by atoms with Crippen molar-refractivity contribution in [3.05, 3.63) is 30.1 Å². The van der Waals surface area contributed by atoms with Crippen LogP contribution in [0.15, 0.2) is 24.3 Å². The quantitative estimate of drug-likeness (QED) is 0.892. The summed E-state index contributed by atoms with van der Waals surface area (Å²) in [5.41, 5.74) is 0.241. The van der Waals surface area contributed by atoms with Crippen LogP contribution in [-0.4, -0.2) is 29.6 Å². The van der Waals surface area contributed by atoms with Crippen molar-refractivity contribution in [2.45, 2.75) is 31.8 Å². The third kappa shape index (κ3) is 2.62. The zero-order chi connectivity index (χ0) is 13.2. The smallest absolute Gasteiger partial charge is 0.139 e. The van der Waals surface area contributed by atoms with Gasteiger partial charge in [-0.25, -0.2) is 4.39 Å². The number of likely N-dealkylation sites (tertiary alicyclic amines) is 1. The van der Waals surface area contributed by atoms with E-state index in [-0.39, 0.29) is 5.82 Å². The first-order valence-electron chi connectivity index (χ1n) is 6.24. The van der Waals surface area contributed by atoms with Gasteiger partial charge in [-0.05, 0) is 44.5 Å². The van der Waals surface area contributed by atoms with Crippen LogP contribution in [0.25, 0.3) is 0 Å². The molecule has 1 unspecified atom stereocenters. The highest BCUT2D eigenvalue weighted by atomic mass is 19.1. The normalized spacial score (nSPS) is 24.2. The third-order valence-electron chi connectivity index (χ3n) is 3.47. The van der Waals surface area contributed by atoms with Crippen LogP contribution >= 0.6 is 0 Å². The lowest BCUT2D eigenvalue weighted by Crippen LogP contribution is -2.41. The molecule has 1 fully saturated rings. The number of nitriles is 1. The highest BCUT2D eigenvalue weighted by molar-refractivity contribution is 5.48. The average Bonchev–Trinajstić information content (AvgIpc) is 2.77. The van der Waals surface area contributed by atoms with Crippen LogP contribution in [0.1, 0.15) is 20.3 Å². The Morgan fingerprint density at radius 1 is 1.39 bits per heavy atom. The SMILES string of the molecule is CC(C)N1CCC(C#N)(Nc2ccc(F)cc2)C1. The van der Waals surface area contributed by atoms with Crippen LogP contribution in [0.3, 0.4) is 0 Å². The monoisotopic (exact) mass is 247 g/mol. The van der Waals surface area contributed by atoms with Gasteiger partial charge in [0.1, 0.15) is 11.4 Å². The predicted octanol–water partition coefficient (Wildman–Crippen LogP) is 2.61. The lowest BCUT2D eigenvalue weighted by Gasteiger charge is -2.26. The zero-order valence-electron chi connectivity index (χ0n) is 10.8. The van der Waals surface area contributed by atoms with Crippen molar-refractivity contribution < 1.29 is 4.39 Å². The van der Waals surface area contributed by atoms with Crippen molar-refractivity contribution in [2.75, 3.05) is 18.4 Å². The molecular formula is C14H18FN3. The van der Waals surface area contributed by atoms with Gasteiger partial charge in [0.25, 0.3) is 0 Å². The summed E-state index contributed by atoms with van der Waals surface area (Å²) in [6.45, 7) is 5.88. The largest absolute Gasteiger partial charge is 0.366 e. The molecule has 1 aromatic rings. The number of nitrogens with zero attached hydrogens (tertiary/aromatic N) is 2. The van der Waals surface area contributed by atoms with Crippen LogP contribution in [0.4, 0.5) is 10.1 Å². The Labute approximate surface area is 107 Å². The maximum absolute atomic E-state index is 12.8. The van der Waals surface area contributed by atoms with Gasteiger partial charge >= 0.3 is 0 Å². The summed E-state index contributed by atoms with van der Waals surface area (Å²) in [4.78, 5) is 2.28. The maximum Gasteiger partial charge on any atom is 0.139 e. The highest BCUT2D eigenvalue weighted by Crippen LogP contribution is 2.27. The second-order valence-electron chi connectivity index (χ2n) is 5.14. The summed E-state index contributed by atoms with van der Waals surface area (Å²) in [5, 5.41) is 12.7. The van der Waals surface area contributed by atoms with E-state index in [2.05, 4.69) is 30.1 Å². The molecule has 1 atom stereocenters. The van der Waals surface area contributed by atoms with Gasteiger partial charge in [-0.3, -0.25) is 4.90 Å².